The fourth-order valence-corrected chi connectivity index (χ4v) is 1.84. The van der Waals surface area contributed by atoms with Crippen LogP contribution in [0.25, 0.3) is 0 Å². The summed E-state index contributed by atoms with van der Waals surface area (Å²) in [6.45, 7) is 5.04. The van der Waals surface area contributed by atoms with Gasteiger partial charge in [-0.15, -0.1) is 0 Å². The van der Waals surface area contributed by atoms with Gasteiger partial charge in [0.15, 0.2) is 0 Å². The maximum Gasteiger partial charge on any atom is 0.0507 e. The second kappa shape index (κ2) is 5.24. The summed E-state index contributed by atoms with van der Waals surface area (Å²) < 4.78 is 5.34. The first-order valence-corrected chi connectivity index (χ1v) is 5.57. The van der Waals surface area contributed by atoms with Crippen LogP contribution in [0.15, 0.2) is 24.5 Å². The highest BCUT2D eigenvalue weighted by Crippen LogP contribution is 2.14. The molecule has 0 aromatic carbocycles. The normalized spacial score (nSPS) is 22.9. The summed E-state index contributed by atoms with van der Waals surface area (Å²) in [5.41, 5.74) is 1.25. The zero-order valence-electron chi connectivity index (χ0n) is 9.15. The lowest BCUT2D eigenvalue weighted by molar-refractivity contribution is 0.184. The molecule has 1 aliphatic heterocycles. The maximum absolute atomic E-state index is 5.34. The van der Waals surface area contributed by atoms with E-state index in [9.17, 15) is 0 Å². The molecule has 1 N–H and O–H groups in total. The van der Waals surface area contributed by atoms with Crippen molar-refractivity contribution in [1.29, 1.82) is 0 Å². The molecule has 0 bridgehead atoms. The van der Waals surface area contributed by atoms with Gasteiger partial charge < -0.3 is 10.1 Å². The van der Waals surface area contributed by atoms with E-state index >= 15 is 0 Å². The van der Waals surface area contributed by atoms with E-state index in [4.69, 9.17) is 4.74 Å². The Morgan fingerprint density at radius 3 is 3.27 bits per heavy atom. The van der Waals surface area contributed by atoms with Gasteiger partial charge in [0.1, 0.15) is 0 Å². The predicted octanol–water partition coefficient (Wildman–Crippen LogP) is 1.77. The lowest BCUT2D eigenvalue weighted by Gasteiger charge is -2.16. The Hall–Kier alpha value is -0.930. The van der Waals surface area contributed by atoms with Gasteiger partial charge >= 0.3 is 0 Å². The van der Waals surface area contributed by atoms with Crippen LogP contribution >= 0.6 is 0 Å². The highest BCUT2D eigenvalue weighted by molar-refractivity contribution is 5.12. The van der Waals surface area contributed by atoms with E-state index in [1.165, 1.54) is 12.0 Å². The molecule has 2 heterocycles. The average molecular weight is 206 g/mol. The van der Waals surface area contributed by atoms with Gasteiger partial charge in [0.25, 0.3) is 0 Å². The number of nitrogens with zero attached hydrogens (tertiary/aromatic N) is 1. The van der Waals surface area contributed by atoms with Gasteiger partial charge in [-0.2, -0.15) is 0 Å². The topological polar surface area (TPSA) is 34.1 Å². The fraction of sp³-hybridized carbons (Fsp3) is 0.583. The van der Waals surface area contributed by atoms with Gasteiger partial charge in [-0.25, -0.2) is 0 Å². The van der Waals surface area contributed by atoms with Crippen LogP contribution < -0.4 is 5.32 Å². The van der Waals surface area contributed by atoms with Crippen molar-refractivity contribution in [3.05, 3.63) is 30.1 Å². The number of hydrogen-bond acceptors (Lipinski definition) is 3. The van der Waals surface area contributed by atoms with Crippen molar-refractivity contribution in [3.63, 3.8) is 0 Å². The Balaban J connectivity index is 1.79. The van der Waals surface area contributed by atoms with E-state index in [-0.39, 0.29) is 0 Å². The van der Waals surface area contributed by atoms with Crippen LogP contribution in [0.2, 0.25) is 0 Å². The van der Waals surface area contributed by atoms with E-state index in [0.29, 0.717) is 12.0 Å². The molecule has 82 valence electrons. The molecule has 1 aliphatic rings. The molecular weight excluding hydrogens is 188 g/mol. The molecule has 1 aromatic rings. The SMILES string of the molecule is C[C@@H](NCC1CCOC1)c1cccnc1. The number of aromatic nitrogens is 1. The average Bonchev–Trinajstić information content (AvgIpc) is 2.80. The third-order valence-corrected chi connectivity index (χ3v) is 2.92. The van der Waals surface area contributed by atoms with Crippen LogP contribution in [0.1, 0.15) is 24.9 Å². The van der Waals surface area contributed by atoms with E-state index < -0.39 is 0 Å². The molecule has 1 unspecified atom stereocenters. The van der Waals surface area contributed by atoms with Crippen LogP contribution in [0.4, 0.5) is 0 Å². The van der Waals surface area contributed by atoms with Crippen molar-refractivity contribution in [2.75, 3.05) is 19.8 Å². The summed E-state index contributed by atoms with van der Waals surface area (Å²) in [7, 11) is 0. The van der Waals surface area contributed by atoms with Crippen molar-refractivity contribution in [3.8, 4) is 0 Å². The van der Waals surface area contributed by atoms with Gasteiger partial charge in [-0.05, 0) is 30.9 Å². The lowest BCUT2D eigenvalue weighted by Crippen LogP contribution is -2.26. The summed E-state index contributed by atoms with van der Waals surface area (Å²) in [6, 6.07) is 4.46. The maximum atomic E-state index is 5.34. The van der Waals surface area contributed by atoms with Gasteiger partial charge in [0.05, 0.1) is 6.61 Å². The molecule has 0 amide bonds. The lowest BCUT2D eigenvalue weighted by atomic mass is 10.1. The molecule has 3 heteroatoms. The minimum atomic E-state index is 0.374. The van der Waals surface area contributed by atoms with Crippen LogP contribution in [0, 0.1) is 5.92 Å². The predicted molar refractivity (Wildman–Crippen MR) is 59.6 cm³/mol. The molecule has 3 nitrogen and oxygen atoms in total. The molecular formula is C12H18N2O. The summed E-state index contributed by atoms with van der Waals surface area (Å²) in [4.78, 5) is 4.12. The highest BCUT2D eigenvalue weighted by atomic mass is 16.5. The summed E-state index contributed by atoms with van der Waals surface area (Å²) in [5.74, 6) is 0.684. The monoisotopic (exact) mass is 206 g/mol. The van der Waals surface area contributed by atoms with E-state index in [0.717, 1.165) is 19.8 Å². The zero-order chi connectivity index (χ0) is 10.5. The first kappa shape index (κ1) is 10.6. The van der Waals surface area contributed by atoms with Gasteiger partial charge in [0, 0.05) is 31.6 Å². The quantitative estimate of drug-likeness (QED) is 0.815. The third kappa shape index (κ3) is 3.01. The first-order valence-electron chi connectivity index (χ1n) is 5.57. The van der Waals surface area contributed by atoms with Crippen molar-refractivity contribution >= 4 is 0 Å². The van der Waals surface area contributed by atoms with E-state index in [2.05, 4.69) is 23.3 Å². The minimum Gasteiger partial charge on any atom is -0.381 e. The molecule has 0 saturated carbocycles. The fourth-order valence-electron chi connectivity index (χ4n) is 1.84. The number of nitrogens with one attached hydrogen (secondary N) is 1. The van der Waals surface area contributed by atoms with E-state index in [1.54, 1.807) is 6.20 Å². The van der Waals surface area contributed by atoms with Crippen LogP contribution in [-0.4, -0.2) is 24.7 Å². The molecule has 15 heavy (non-hydrogen) atoms. The first-order chi connectivity index (χ1) is 7.36. The third-order valence-electron chi connectivity index (χ3n) is 2.92. The molecule has 2 atom stereocenters. The Labute approximate surface area is 90.9 Å². The summed E-state index contributed by atoms with van der Waals surface area (Å²) >= 11 is 0. The van der Waals surface area contributed by atoms with Crippen LogP contribution in [0.5, 0.6) is 0 Å². The minimum absolute atomic E-state index is 0.374. The Morgan fingerprint density at radius 1 is 1.67 bits per heavy atom. The molecule has 1 aromatic heterocycles. The van der Waals surface area contributed by atoms with Crippen molar-refractivity contribution in [2.24, 2.45) is 5.92 Å². The molecule has 0 radical (unpaired) electrons. The largest absolute Gasteiger partial charge is 0.381 e. The molecule has 2 rings (SSSR count). The zero-order valence-corrected chi connectivity index (χ0v) is 9.15. The Morgan fingerprint density at radius 2 is 2.60 bits per heavy atom. The molecule has 1 fully saturated rings. The van der Waals surface area contributed by atoms with Crippen molar-refractivity contribution in [1.82, 2.24) is 10.3 Å². The van der Waals surface area contributed by atoms with Crippen molar-refractivity contribution in [2.45, 2.75) is 19.4 Å². The molecule has 0 spiro atoms. The highest BCUT2D eigenvalue weighted by Gasteiger charge is 2.16. The molecule has 1 saturated heterocycles. The number of rotatable bonds is 4. The standard InChI is InChI=1S/C12H18N2O/c1-10(12-3-2-5-13-8-12)14-7-11-4-6-15-9-11/h2-3,5,8,10-11,14H,4,6-7,9H2,1H3/t10-,11?/m1/s1. The van der Waals surface area contributed by atoms with Crippen LogP contribution in [-0.2, 0) is 4.74 Å². The smallest absolute Gasteiger partial charge is 0.0507 e. The number of pyridine rings is 1. The molecule has 0 aliphatic carbocycles. The van der Waals surface area contributed by atoms with Crippen molar-refractivity contribution < 1.29 is 4.74 Å². The number of ether oxygens (including phenoxy) is 1. The van der Waals surface area contributed by atoms with Gasteiger partial charge in [-0.1, -0.05) is 6.07 Å². The van der Waals surface area contributed by atoms with Gasteiger partial charge in [0.2, 0.25) is 0 Å². The number of hydrogen-bond donors (Lipinski definition) is 1. The summed E-state index contributed by atoms with van der Waals surface area (Å²) in [6.07, 6.45) is 4.91. The summed E-state index contributed by atoms with van der Waals surface area (Å²) in [5, 5.41) is 3.52. The Kier molecular flexibility index (Phi) is 3.69. The second-order valence-corrected chi connectivity index (χ2v) is 4.15. The van der Waals surface area contributed by atoms with Gasteiger partial charge in [-0.3, -0.25) is 4.98 Å². The second-order valence-electron chi connectivity index (χ2n) is 4.15. The van der Waals surface area contributed by atoms with Crippen LogP contribution in [0.3, 0.4) is 0 Å². The van der Waals surface area contributed by atoms with E-state index in [1.807, 2.05) is 12.3 Å². The Bertz CT molecular complexity index is 283.